The van der Waals surface area contributed by atoms with Crippen molar-refractivity contribution in [1.29, 1.82) is 0 Å². The van der Waals surface area contributed by atoms with E-state index in [1.165, 1.54) is 16.3 Å². The van der Waals surface area contributed by atoms with E-state index in [0.29, 0.717) is 17.7 Å². The fraction of sp³-hybridized carbons (Fsp3) is 0.346. The number of esters is 1. The topological polar surface area (TPSA) is 41.6 Å². The highest BCUT2D eigenvalue weighted by Gasteiger charge is 2.25. The van der Waals surface area contributed by atoms with Gasteiger partial charge in [0.25, 0.3) is 0 Å². The molecule has 4 nitrogen and oxygen atoms in total. The number of halogens is 1. The van der Waals surface area contributed by atoms with Crippen molar-refractivity contribution in [2.75, 3.05) is 24.6 Å². The van der Waals surface area contributed by atoms with E-state index < -0.39 is 0 Å². The zero-order valence-electron chi connectivity index (χ0n) is 18.1. The molecular weight excluding hydrogens is 408 g/mol. The van der Waals surface area contributed by atoms with E-state index in [0.717, 1.165) is 30.8 Å². The Labute approximate surface area is 189 Å². The van der Waals surface area contributed by atoms with E-state index in [9.17, 15) is 4.79 Å². The molecule has 5 heteroatoms. The first-order valence-corrected chi connectivity index (χ1v) is 11.4. The minimum absolute atomic E-state index is 0.203. The maximum Gasteiger partial charge on any atom is 0.310 e. The third-order valence-electron chi connectivity index (χ3n) is 6.00. The average molecular weight is 437 g/mol. The predicted molar refractivity (Wildman–Crippen MR) is 128 cm³/mol. The summed E-state index contributed by atoms with van der Waals surface area (Å²) in [4.78, 5) is 14.3. The molecule has 1 saturated heterocycles. The van der Waals surface area contributed by atoms with Crippen LogP contribution < -0.4 is 10.2 Å². The lowest BCUT2D eigenvalue weighted by atomic mass is 9.99. The van der Waals surface area contributed by atoms with Gasteiger partial charge in [0.1, 0.15) is 0 Å². The van der Waals surface area contributed by atoms with Gasteiger partial charge < -0.3 is 15.0 Å². The molecule has 2 atom stereocenters. The Balaban J connectivity index is 1.43. The molecule has 0 aromatic heterocycles. The highest BCUT2D eigenvalue weighted by molar-refractivity contribution is 6.31. The molecule has 0 amide bonds. The molecule has 162 valence electrons. The number of carbonyl (C=O) groups is 1. The molecule has 0 unspecified atom stereocenters. The standard InChI is InChI=1S/C26H29ClN2O2/c1-3-31-26(30)16-20-15-22(11-12-25(20)27)29-14-13-21(17-29)28-18(2)23-10-6-8-19-7-4-5-9-24(19)23/h4-12,15,18,21,28H,3,13-14,16-17H2,1-2H3/t18-,21+/m1/s1. The van der Waals surface area contributed by atoms with Crippen LogP contribution in [0.4, 0.5) is 5.69 Å². The summed E-state index contributed by atoms with van der Waals surface area (Å²) < 4.78 is 5.08. The Kier molecular flexibility index (Phi) is 6.79. The molecule has 1 aliphatic heterocycles. The summed E-state index contributed by atoms with van der Waals surface area (Å²) in [6, 6.07) is 21.7. The average Bonchev–Trinajstić information content (AvgIpc) is 3.23. The van der Waals surface area contributed by atoms with Gasteiger partial charge in [-0.05, 0) is 60.4 Å². The third-order valence-corrected chi connectivity index (χ3v) is 6.37. The summed E-state index contributed by atoms with van der Waals surface area (Å²) in [7, 11) is 0. The molecule has 0 bridgehead atoms. The minimum atomic E-state index is -0.244. The van der Waals surface area contributed by atoms with Crippen molar-refractivity contribution in [3.8, 4) is 0 Å². The Morgan fingerprint density at radius 1 is 1.19 bits per heavy atom. The van der Waals surface area contributed by atoms with Gasteiger partial charge >= 0.3 is 5.97 Å². The number of benzene rings is 3. The van der Waals surface area contributed by atoms with E-state index in [1.54, 1.807) is 0 Å². The van der Waals surface area contributed by atoms with Gasteiger partial charge in [0.15, 0.2) is 0 Å². The van der Waals surface area contributed by atoms with E-state index >= 15 is 0 Å². The van der Waals surface area contributed by atoms with Gasteiger partial charge in [-0.25, -0.2) is 0 Å². The maximum atomic E-state index is 11.9. The molecule has 0 saturated carbocycles. The molecule has 0 aliphatic carbocycles. The van der Waals surface area contributed by atoms with Gasteiger partial charge in [-0.3, -0.25) is 4.79 Å². The Bertz CT molecular complexity index is 1060. The normalized spacial score (nSPS) is 17.1. The number of carbonyl (C=O) groups excluding carboxylic acids is 1. The molecule has 1 fully saturated rings. The second kappa shape index (κ2) is 9.71. The van der Waals surface area contributed by atoms with Gasteiger partial charge in [0, 0.05) is 35.9 Å². The SMILES string of the molecule is CCOC(=O)Cc1cc(N2CC[C@H](N[C@H](C)c3cccc4ccccc34)C2)ccc1Cl. The summed E-state index contributed by atoms with van der Waals surface area (Å²) in [5.41, 5.74) is 3.25. The molecule has 0 radical (unpaired) electrons. The second-order valence-corrected chi connectivity index (χ2v) is 8.55. The quantitative estimate of drug-likeness (QED) is 0.494. The highest BCUT2D eigenvalue weighted by Crippen LogP contribution is 2.29. The molecule has 1 heterocycles. The maximum absolute atomic E-state index is 11.9. The van der Waals surface area contributed by atoms with Crippen LogP contribution in [-0.4, -0.2) is 31.7 Å². The minimum Gasteiger partial charge on any atom is -0.466 e. The molecule has 3 aromatic rings. The first kappa shape index (κ1) is 21.7. The molecule has 1 aliphatic rings. The van der Waals surface area contributed by atoms with Crippen molar-refractivity contribution in [2.24, 2.45) is 0 Å². The lowest BCUT2D eigenvalue weighted by Gasteiger charge is -2.23. The van der Waals surface area contributed by atoms with Gasteiger partial charge in [0.2, 0.25) is 0 Å². The van der Waals surface area contributed by atoms with Gasteiger partial charge in [0.05, 0.1) is 13.0 Å². The van der Waals surface area contributed by atoms with E-state index in [2.05, 4.69) is 59.6 Å². The van der Waals surface area contributed by atoms with Crippen LogP contribution in [0.15, 0.2) is 60.7 Å². The summed E-state index contributed by atoms with van der Waals surface area (Å²) in [6.45, 7) is 6.33. The van der Waals surface area contributed by atoms with Crippen LogP contribution in [0, 0.1) is 0 Å². The van der Waals surface area contributed by atoms with Gasteiger partial charge in [-0.15, -0.1) is 0 Å². The molecule has 0 spiro atoms. The molecular formula is C26H29ClN2O2. The zero-order valence-corrected chi connectivity index (χ0v) is 18.9. The van der Waals surface area contributed by atoms with E-state index in [1.807, 2.05) is 25.1 Å². The van der Waals surface area contributed by atoms with E-state index in [-0.39, 0.29) is 18.4 Å². The van der Waals surface area contributed by atoms with Crippen molar-refractivity contribution >= 4 is 34.0 Å². The van der Waals surface area contributed by atoms with Crippen LogP contribution in [0.2, 0.25) is 5.02 Å². The number of nitrogens with one attached hydrogen (secondary N) is 1. The lowest BCUT2D eigenvalue weighted by Crippen LogP contribution is -2.34. The largest absolute Gasteiger partial charge is 0.466 e. The van der Waals surface area contributed by atoms with Crippen molar-refractivity contribution in [3.63, 3.8) is 0 Å². The van der Waals surface area contributed by atoms with Gasteiger partial charge in [-0.2, -0.15) is 0 Å². The number of ether oxygens (including phenoxy) is 1. The number of hydrogen-bond donors (Lipinski definition) is 1. The van der Waals surface area contributed by atoms with Crippen molar-refractivity contribution in [1.82, 2.24) is 5.32 Å². The van der Waals surface area contributed by atoms with Crippen molar-refractivity contribution < 1.29 is 9.53 Å². The Morgan fingerprint density at radius 3 is 2.84 bits per heavy atom. The zero-order chi connectivity index (χ0) is 21.8. The smallest absolute Gasteiger partial charge is 0.310 e. The van der Waals surface area contributed by atoms with E-state index in [4.69, 9.17) is 16.3 Å². The summed E-state index contributed by atoms with van der Waals surface area (Å²) in [5, 5.41) is 7.01. The van der Waals surface area contributed by atoms with Gasteiger partial charge in [-0.1, -0.05) is 54.1 Å². The monoisotopic (exact) mass is 436 g/mol. The van der Waals surface area contributed by atoms with Crippen LogP contribution in [0.5, 0.6) is 0 Å². The summed E-state index contributed by atoms with van der Waals surface area (Å²) in [5.74, 6) is -0.244. The van der Waals surface area contributed by atoms with Crippen LogP contribution >= 0.6 is 11.6 Å². The second-order valence-electron chi connectivity index (χ2n) is 8.15. The first-order chi connectivity index (χ1) is 15.0. The fourth-order valence-corrected chi connectivity index (χ4v) is 4.65. The number of fused-ring (bicyclic) bond motifs is 1. The first-order valence-electron chi connectivity index (χ1n) is 11.0. The number of anilines is 1. The predicted octanol–water partition coefficient (Wildman–Crippen LogP) is 5.53. The fourth-order valence-electron chi connectivity index (χ4n) is 4.46. The number of hydrogen-bond acceptors (Lipinski definition) is 4. The molecule has 1 N–H and O–H groups in total. The summed E-state index contributed by atoms with van der Waals surface area (Å²) in [6.07, 6.45) is 1.28. The van der Waals surface area contributed by atoms with Crippen LogP contribution in [-0.2, 0) is 16.0 Å². The van der Waals surface area contributed by atoms with Crippen LogP contribution in [0.25, 0.3) is 10.8 Å². The lowest BCUT2D eigenvalue weighted by molar-refractivity contribution is -0.142. The summed E-state index contributed by atoms with van der Waals surface area (Å²) >= 11 is 6.32. The Hall–Kier alpha value is -2.56. The number of rotatable bonds is 7. The number of nitrogens with zero attached hydrogens (tertiary/aromatic N) is 1. The Morgan fingerprint density at radius 2 is 2.00 bits per heavy atom. The molecule has 3 aromatic carbocycles. The molecule has 31 heavy (non-hydrogen) atoms. The van der Waals surface area contributed by atoms with Crippen LogP contribution in [0.1, 0.15) is 37.4 Å². The van der Waals surface area contributed by atoms with Crippen molar-refractivity contribution in [2.45, 2.75) is 38.8 Å². The van der Waals surface area contributed by atoms with Crippen molar-refractivity contribution in [3.05, 3.63) is 76.8 Å². The third kappa shape index (κ3) is 5.03. The molecule has 4 rings (SSSR count). The van der Waals surface area contributed by atoms with Crippen LogP contribution in [0.3, 0.4) is 0 Å². The highest BCUT2D eigenvalue weighted by atomic mass is 35.5.